The number of anilines is 1. The second kappa shape index (κ2) is 8.07. The van der Waals surface area contributed by atoms with Crippen molar-refractivity contribution in [3.63, 3.8) is 0 Å². The number of halogens is 1. The molecular weight excluding hydrogens is 471 g/mol. The molecule has 6 rings (SSSR count). The van der Waals surface area contributed by atoms with Crippen molar-refractivity contribution in [3.05, 3.63) is 105 Å². The summed E-state index contributed by atoms with van der Waals surface area (Å²) in [5.41, 5.74) is 3.33. The van der Waals surface area contributed by atoms with Crippen LogP contribution in [-0.2, 0) is 9.59 Å². The number of aromatic nitrogens is 1. The lowest BCUT2D eigenvalue weighted by atomic mass is 9.82. The van der Waals surface area contributed by atoms with Gasteiger partial charge < -0.3 is 4.98 Å². The molecule has 1 fully saturated rings. The molecule has 168 valence electrons. The fraction of sp³-hybridized carbons (Fsp3) is 0.115. The van der Waals surface area contributed by atoms with Crippen LogP contribution in [0.2, 0.25) is 0 Å². The molecule has 3 atom stereocenters. The minimum Gasteiger partial charge on any atom is -0.307 e. The van der Waals surface area contributed by atoms with Crippen LogP contribution in [0, 0.1) is 11.7 Å². The topological polar surface area (TPSA) is 70.2 Å². The molecule has 4 aromatic rings. The van der Waals surface area contributed by atoms with Crippen molar-refractivity contribution in [2.24, 2.45) is 5.92 Å². The fourth-order valence-electron chi connectivity index (χ4n) is 4.73. The summed E-state index contributed by atoms with van der Waals surface area (Å²) >= 11 is 2.31. The highest BCUT2D eigenvalue weighted by Gasteiger charge is 2.56. The molecule has 0 aliphatic carbocycles. The van der Waals surface area contributed by atoms with E-state index < -0.39 is 22.9 Å². The van der Waals surface area contributed by atoms with Crippen LogP contribution in [0.1, 0.15) is 16.4 Å². The summed E-state index contributed by atoms with van der Waals surface area (Å²) in [7, 11) is 0. The number of carbonyl (C=O) groups excluding carboxylic acids is 2. The first-order chi connectivity index (χ1) is 16.5. The Morgan fingerprint density at radius 3 is 2.18 bits per heavy atom. The van der Waals surface area contributed by atoms with Crippen LogP contribution >= 0.6 is 23.1 Å². The Kier molecular flexibility index (Phi) is 5.00. The highest BCUT2D eigenvalue weighted by atomic mass is 32.2. The SMILES string of the molecule is O=C1C2Sc3[nH]c(=O)sc3C(c3ccc(-c4ccccc4)cc3)C2C(=O)N1c1ccc(F)cc1. The molecule has 1 saturated heterocycles. The number of carbonyl (C=O) groups is 2. The molecule has 8 heteroatoms. The van der Waals surface area contributed by atoms with Gasteiger partial charge in [-0.25, -0.2) is 9.29 Å². The Balaban J connectivity index is 1.44. The number of thioether (sulfide) groups is 1. The van der Waals surface area contributed by atoms with Crippen molar-refractivity contribution < 1.29 is 14.0 Å². The zero-order valence-corrected chi connectivity index (χ0v) is 19.2. The second-order valence-electron chi connectivity index (χ2n) is 8.23. The molecule has 2 aliphatic rings. The lowest BCUT2D eigenvalue weighted by Gasteiger charge is -2.29. The lowest BCUT2D eigenvalue weighted by molar-refractivity contribution is -0.122. The molecule has 34 heavy (non-hydrogen) atoms. The van der Waals surface area contributed by atoms with Gasteiger partial charge in [-0.15, -0.1) is 0 Å². The maximum Gasteiger partial charge on any atom is 0.305 e. The first-order valence-electron chi connectivity index (χ1n) is 10.7. The third-order valence-electron chi connectivity index (χ3n) is 6.29. The van der Waals surface area contributed by atoms with Crippen LogP contribution in [0.4, 0.5) is 10.1 Å². The number of thiazole rings is 1. The standard InChI is InChI=1S/C26H17FN2O3S2/c27-17-10-12-18(13-11-17)29-24(30)20-19(21-23(28-26(32)34-21)33-22(20)25(29)31)16-8-6-15(7-9-16)14-4-2-1-3-5-14/h1-13,19-20,22H,(H,28,32). The molecule has 3 unspecified atom stereocenters. The number of fused-ring (bicyclic) bond motifs is 2. The summed E-state index contributed by atoms with van der Waals surface area (Å²) in [6.45, 7) is 0. The number of imide groups is 1. The van der Waals surface area contributed by atoms with Gasteiger partial charge in [0.25, 0.3) is 0 Å². The van der Waals surface area contributed by atoms with Gasteiger partial charge >= 0.3 is 4.87 Å². The average molecular weight is 489 g/mol. The number of hydrogen-bond acceptors (Lipinski definition) is 5. The maximum absolute atomic E-state index is 13.6. The van der Waals surface area contributed by atoms with Gasteiger partial charge in [0.15, 0.2) is 0 Å². The summed E-state index contributed by atoms with van der Waals surface area (Å²) in [5.74, 6) is -2.22. The molecule has 2 aliphatic heterocycles. The fourth-order valence-corrected chi connectivity index (χ4v) is 7.25. The van der Waals surface area contributed by atoms with E-state index in [1.54, 1.807) is 0 Å². The highest BCUT2D eigenvalue weighted by Crippen LogP contribution is 2.53. The third kappa shape index (κ3) is 3.33. The Morgan fingerprint density at radius 2 is 1.47 bits per heavy atom. The minimum atomic E-state index is -0.672. The number of H-pyrrole nitrogens is 1. The van der Waals surface area contributed by atoms with Gasteiger partial charge in [0.05, 0.1) is 16.6 Å². The zero-order valence-electron chi connectivity index (χ0n) is 17.6. The van der Waals surface area contributed by atoms with E-state index in [9.17, 15) is 18.8 Å². The minimum absolute atomic E-state index is 0.210. The molecule has 3 heterocycles. The average Bonchev–Trinajstić information content (AvgIpc) is 3.35. The molecular formula is C26H17FN2O3S2. The smallest absolute Gasteiger partial charge is 0.305 e. The van der Waals surface area contributed by atoms with E-state index in [1.807, 2.05) is 54.6 Å². The van der Waals surface area contributed by atoms with E-state index in [1.165, 1.54) is 36.0 Å². The van der Waals surface area contributed by atoms with Crippen LogP contribution < -0.4 is 9.77 Å². The summed E-state index contributed by atoms with van der Waals surface area (Å²) in [6.07, 6.45) is 0. The first kappa shape index (κ1) is 21.1. The van der Waals surface area contributed by atoms with Crippen LogP contribution in [-0.4, -0.2) is 22.0 Å². The lowest BCUT2D eigenvalue weighted by Crippen LogP contribution is -2.32. The first-order valence-corrected chi connectivity index (χ1v) is 12.4. The number of amides is 2. The Labute approximate surface area is 202 Å². The van der Waals surface area contributed by atoms with Gasteiger partial charge in [-0.05, 0) is 41.0 Å². The Morgan fingerprint density at radius 1 is 0.794 bits per heavy atom. The summed E-state index contributed by atoms with van der Waals surface area (Å²) < 4.78 is 13.5. The molecule has 5 nitrogen and oxygen atoms in total. The Bertz CT molecular complexity index is 1460. The molecule has 0 saturated carbocycles. The largest absolute Gasteiger partial charge is 0.307 e. The van der Waals surface area contributed by atoms with E-state index in [4.69, 9.17) is 0 Å². The zero-order chi connectivity index (χ0) is 23.4. The van der Waals surface area contributed by atoms with Crippen molar-refractivity contribution in [1.29, 1.82) is 0 Å². The summed E-state index contributed by atoms with van der Waals surface area (Å²) in [5, 5.41) is -0.0374. The number of aromatic amines is 1. The summed E-state index contributed by atoms with van der Waals surface area (Å²) in [6, 6.07) is 23.2. The quantitative estimate of drug-likeness (QED) is 0.410. The number of nitrogens with one attached hydrogen (secondary N) is 1. The van der Waals surface area contributed by atoms with Gasteiger partial charge in [-0.3, -0.25) is 14.4 Å². The van der Waals surface area contributed by atoms with Gasteiger partial charge in [0.2, 0.25) is 11.8 Å². The van der Waals surface area contributed by atoms with E-state index in [0.717, 1.165) is 37.8 Å². The normalized spacial score (nSPS) is 21.4. The number of rotatable bonds is 3. The van der Waals surface area contributed by atoms with Crippen LogP contribution in [0.25, 0.3) is 11.1 Å². The van der Waals surface area contributed by atoms with Crippen LogP contribution in [0.5, 0.6) is 0 Å². The van der Waals surface area contributed by atoms with E-state index in [0.29, 0.717) is 10.7 Å². The Hall–Kier alpha value is -3.49. The van der Waals surface area contributed by atoms with Gasteiger partial charge in [0.1, 0.15) is 11.1 Å². The molecule has 0 bridgehead atoms. The molecule has 3 aromatic carbocycles. The van der Waals surface area contributed by atoms with E-state index in [-0.39, 0.29) is 16.7 Å². The van der Waals surface area contributed by atoms with Gasteiger partial charge in [-0.1, -0.05) is 77.7 Å². The van der Waals surface area contributed by atoms with Gasteiger partial charge in [-0.2, -0.15) is 0 Å². The van der Waals surface area contributed by atoms with Gasteiger partial charge in [0, 0.05) is 10.8 Å². The van der Waals surface area contributed by atoms with E-state index in [2.05, 4.69) is 4.98 Å². The molecule has 0 radical (unpaired) electrons. The van der Waals surface area contributed by atoms with Crippen LogP contribution in [0.15, 0.2) is 88.7 Å². The second-order valence-corrected chi connectivity index (χ2v) is 10.4. The number of nitrogens with zero attached hydrogens (tertiary/aromatic N) is 1. The predicted octanol–water partition coefficient (Wildman–Crippen LogP) is 5.04. The monoisotopic (exact) mass is 488 g/mol. The highest BCUT2D eigenvalue weighted by molar-refractivity contribution is 8.00. The van der Waals surface area contributed by atoms with Crippen molar-refractivity contribution in [2.45, 2.75) is 16.2 Å². The third-order valence-corrected chi connectivity index (χ3v) is 8.69. The maximum atomic E-state index is 13.6. The van der Waals surface area contributed by atoms with Crippen molar-refractivity contribution in [1.82, 2.24) is 4.98 Å². The number of benzene rings is 3. The molecule has 1 N–H and O–H groups in total. The van der Waals surface area contributed by atoms with Crippen molar-refractivity contribution >= 4 is 40.6 Å². The van der Waals surface area contributed by atoms with Crippen LogP contribution in [0.3, 0.4) is 0 Å². The molecule has 1 aromatic heterocycles. The van der Waals surface area contributed by atoms with Crippen molar-refractivity contribution in [3.8, 4) is 11.1 Å². The summed E-state index contributed by atoms with van der Waals surface area (Å²) in [4.78, 5) is 43.8. The molecule has 2 amide bonds. The number of hydrogen-bond donors (Lipinski definition) is 1. The van der Waals surface area contributed by atoms with E-state index >= 15 is 0 Å². The molecule has 0 spiro atoms. The predicted molar refractivity (Wildman–Crippen MR) is 131 cm³/mol. The van der Waals surface area contributed by atoms with Crippen molar-refractivity contribution in [2.75, 3.05) is 4.90 Å².